The standard InChI is InChI=1S/C18H20F4N4O2S/c1-11-4-3-5-17-14(11)10-25(29(27,28)18(20,21)22)8-12(2)26(17)9-13-6-16(23)15(19)7-24-13/h3-7,12H,8-10H2,1-2H3,(H2,23,24). The molecule has 0 fully saturated rings. The van der Waals surface area contributed by atoms with Crippen LogP contribution in [-0.4, -0.2) is 35.8 Å². The third-order valence-electron chi connectivity index (χ3n) is 4.94. The second-order valence-electron chi connectivity index (χ2n) is 6.99. The van der Waals surface area contributed by atoms with Gasteiger partial charge in [-0.3, -0.25) is 4.98 Å². The number of nitrogens with zero attached hydrogens (tertiary/aromatic N) is 3. The molecule has 1 aliphatic heterocycles. The van der Waals surface area contributed by atoms with E-state index >= 15 is 0 Å². The van der Waals surface area contributed by atoms with Crippen LogP contribution in [0.1, 0.15) is 23.7 Å². The Morgan fingerprint density at radius 3 is 2.62 bits per heavy atom. The highest BCUT2D eigenvalue weighted by Crippen LogP contribution is 2.36. The molecule has 0 radical (unpaired) electrons. The van der Waals surface area contributed by atoms with Crippen molar-refractivity contribution < 1.29 is 26.0 Å². The lowest BCUT2D eigenvalue weighted by Gasteiger charge is -2.31. The molecular weight excluding hydrogens is 412 g/mol. The van der Waals surface area contributed by atoms with Crippen LogP contribution in [0.3, 0.4) is 0 Å². The summed E-state index contributed by atoms with van der Waals surface area (Å²) < 4.78 is 77.6. The Morgan fingerprint density at radius 2 is 2.00 bits per heavy atom. The van der Waals surface area contributed by atoms with Gasteiger partial charge in [-0.2, -0.15) is 17.5 Å². The molecule has 0 saturated heterocycles. The van der Waals surface area contributed by atoms with Gasteiger partial charge in [0.15, 0.2) is 5.82 Å². The van der Waals surface area contributed by atoms with E-state index in [0.717, 1.165) is 6.20 Å². The third kappa shape index (κ3) is 4.01. The highest BCUT2D eigenvalue weighted by Gasteiger charge is 2.51. The first-order valence-corrected chi connectivity index (χ1v) is 10.2. The highest BCUT2D eigenvalue weighted by atomic mass is 32.2. The molecule has 158 valence electrons. The number of benzene rings is 1. The second-order valence-corrected chi connectivity index (χ2v) is 8.92. The van der Waals surface area contributed by atoms with E-state index in [4.69, 9.17) is 5.73 Å². The number of fused-ring (bicyclic) bond motifs is 1. The van der Waals surface area contributed by atoms with Gasteiger partial charge in [0.25, 0.3) is 0 Å². The number of anilines is 2. The Hall–Kier alpha value is -2.40. The van der Waals surface area contributed by atoms with Crippen LogP contribution >= 0.6 is 0 Å². The quantitative estimate of drug-likeness (QED) is 0.754. The maximum Gasteiger partial charge on any atom is 0.511 e. The average molecular weight is 432 g/mol. The zero-order valence-corrected chi connectivity index (χ0v) is 16.6. The number of nitrogens with two attached hydrogens (primary N) is 1. The van der Waals surface area contributed by atoms with Gasteiger partial charge in [0, 0.05) is 24.8 Å². The molecule has 3 rings (SSSR count). The first kappa shape index (κ1) is 21.3. The lowest BCUT2D eigenvalue weighted by molar-refractivity contribution is -0.0491. The van der Waals surface area contributed by atoms with E-state index in [2.05, 4.69) is 4.98 Å². The summed E-state index contributed by atoms with van der Waals surface area (Å²) in [4.78, 5) is 5.75. The summed E-state index contributed by atoms with van der Waals surface area (Å²) in [6, 6.07) is 5.92. The molecule has 2 N–H and O–H groups in total. The molecule has 6 nitrogen and oxygen atoms in total. The van der Waals surface area contributed by atoms with Crippen molar-refractivity contribution in [3.05, 3.63) is 53.1 Å². The predicted octanol–water partition coefficient (Wildman–Crippen LogP) is 3.17. The van der Waals surface area contributed by atoms with Crippen molar-refractivity contribution in [2.75, 3.05) is 17.2 Å². The van der Waals surface area contributed by atoms with E-state index in [9.17, 15) is 26.0 Å². The summed E-state index contributed by atoms with van der Waals surface area (Å²) in [6.45, 7) is 2.70. The van der Waals surface area contributed by atoms with Gasteiger partial charge >= 0.3 is 15.5 Å². The number of nitrogen functional groups attached to an aromatic ring is 1. The number of halogens is 4. The normalized spacial score (nSPS) is 18.4. The Labute approximate surface area is 166 Å². The van der Waals surface area contributed by atoms with Gasteiger partial charge in [-0.05, 0) is 37.1 Å². The van der Waals surface area contributed by atoms with Crippen LogP contribution in [0, 0.1) is 12.7 Å². The fourth-order valence-electron chi connectivity index (χ4n) is 3.36. The van der Waals surface area contributed by atoms with Crippen molar-refractivity contribution in [3.63, 3.8) is 0 Å². The van der Waals surface area contributed by atoms with Crippen molar-refractivity contribution in [3.8, 4) is 0 Å². The van der Waals surface area contributed by atoms with Gasteiger partial charge in [-0.1, -0.05) is 12.1 Å². The van der Waals surface area contributed by atoms with Crippen LogP contribution in [0.25, 0.3) is 0 Å². The summed E-state index contributed by atoms with van der Waals surface area (Å²) in [6.07, 6.45) is 0.977. The number of sulfonamides is 1. The Kier molecular flexibility index (Phi) is 5.48. The fraction of sp³-hybridized carbons (Fsp3) is 0.389. The van der Waals surface area contributed by atoms with E-state index < -0.39 is 33.9 Å². The van der Waals surface area contributed by atoms with Crippen molar-refractivity contribution in [2.45, 2.75) is 38.5 Å². The van der Waals surface area contributed by atoms with Gasteiger partial charge in [0.2, 0.25) is 0 Å². The smallest absolute Gasteiger partial charge is 0.396 e. The Bertz CT molecular complexity index is 1030. The van der Waals surface area contributed by atoms with Crippen LogP contribution in [0.2, 0.25) is 0 Å². The molecule has 1 unspecified atom stereocenters. The van der Waals surface area contributed by atoms with Gasteiger partial charge in [-0.15, -0.1) is 0 Å². The van der Waals surface area contributed by atoms with Gasteiger partial charge in [0.1, 0.15) is 0 Å². The van der Waals surface area contributed by atoms with Crippen LogP contribution < -0.4 is 10.6 Å². The number of hydrogen-bond donors (Lipinski definition) is 1. The summed E-state index contributed by atoms with van der Waals surface area (Å²) in [5.41, 5.74) is 2.25. The molecule has 1 aliphatic rings. The number of aryl methyl sites for hydroxylation is 1. The van der Waals surface area contributed by atoms with E-state index in [1.165, 1.54) is 6.07 Å². The van der Waals surface area contributed by atoms with Crippen molar-refractivity contribution >= 4 is 21.4 Å². The second kappa shape index (κ2) is 7.45. The first-order valence-electron chi connectivity index (χ1n) is 8.73. The zero-order chi connectivity index (χ0) is 21.6. The van der Waals surface area contributed by atoms with E-state index in [1.807, 2.05) is 0 Å². The van der Waals surface area contributed by atoms with Crippen LogP contribution in [-0.2, 0) is 23.1 Å². The first-order chi connectivity index (χ1) is 13.4. The minimum Gasteiger partial charge on any atom is -0.396 e. The molecule has 0 bridgehead atoms. The predicted molar refractivity (Wildman–Crippen MR) is 101 cm³/mol. The van der Waals surface area contributed by atoms with Gasteiger partial charge in [-0.25, -0.2) is 12.8 Å². The topological polar surface area (TPSA) is 79.5 Å². The lowest BCUT2D eigenvalue weighted by Crippen LogP contribution is -2.45. The maximum absolute atomic E-state index is 13.4. The third-order valence-corrected chi connectivity index (χ3v) is 6.48. The molecule has 0 saturated carbocycles. The summed E-state index contributed by atoms with van der Waals surface area (Å²) >= 11 is 0. The molecule has 0 spiro atoms. The number of aromatic nitrogens is 1. The molecule has 1 atom stereocenters. The summed E-state index contributed by atoms with van der Waals surface area (Å²) in [5.74, 6) is -0.670. The van der Waals surface area contributed by atoms with Crippen LogP contribution in [0.15, 0.2) is 30.5 Å². The van der Waals surface area contributed by atoms with Gasteiger partial charge < -0.3 is 10.6 Å². The number of hydrogen-bond acceptors (Lipinski definition) is 5. The van der Waals surface area contributed by atoms with Crippen LogP contribution in [0.5, 0.6) is 0 Å². The minimum absolute atomic E-state index is 0.0942. The monoisotopic (exact) mass is 432 g/mol. The van der Waals surface area contributed by atoms with E-state index in [-0.39, 0.29) is 18.8 Å². The molecule has 1 aromatic carbocycles. The van der Waals surface area contributed by atoms with Gasteiger partial charge in [0.05, 0.1) is 24.1 Å². The lowest BCUT2D eigenvalue weighted by atomic mass is 10.1. The molecule has 0 aliphatic carbocycles. The molecule has 0 amide bonds. The summed E-state index contributed by atoms with van der Waals surface area (Å²) in [7, 11) is -5.50. The molecule has 1 aromatic heterocycles. The minimum atomic E-state index is -5.50. The highest BCUT2D eigenvalue weighted by molar-refractivity contribution is 7.89. The van der Waals surface area contributed by atoms with Crippen molar-refractivity contribution in [1.82, 2.24) is 9.29 Å². The summed E-state index contributed by atoms with van der Waals surface area (Å²) in [5, 5.41) is 0. The molecule has 11 heteroatoms. The average Bonchev–Trinajstić information content (AvgIpc) is 2.76. The molecule has 2 heterocycles. The molecule has 29 heavy (non-hydrogen) atoms. The largest absolute Gasteiger partial charge is 0.511 e. The zero-order valence-electron chi connectivity index (χ0n) is 15.7. The SMILES string of the molecule is Cc1cccc2c1CN(S(=O)(=O)C(F)(F)F)CC(C)N2Cc1cc(N)c(F)cn1. The fourth-order valence-corrected chi connectivity index (χ4v) is 4.37. The van der Waals surface area contributed by atoms with Crippen molar-refractivity contribution in [2.24, 2.45) is 0 Å². The number of rotatable bonds is 3. The van der Waals surface area contributed by atoms with E-state index in [1.54, 1.807) is 36.9 Å². The molecule has 2 aromatic rings. The van der Waals surface area contributed by atoms with Crippen molar-refractivity contribution in [1.29, 1.82) is 0 Å². The van der Waals surface area contributed by atoms with E-state index in [0.29, 0.717) is 26.8 Å². The number of pyridine rings is 1. The van der Waals surface area contributed by atoms with Crippen LogP contribution in [0.4, 0.5) is 28.9 Å². The maximum atomic E-state index is 13.4. The Morgan fingerprint density at radius 1 is 1.31 bits per heavy atom. The molecular formula is C18H20F4N4O2S. The number of alkyl halides is 3. The Balaban J connectivity index is 2.06.